The van der Waals surface area contributed by atoms with Crippen molar-refractivity contribution in [1.82, 2.24) is 40.4 Å². The molecule has 2 saturated heterocycles. The van der Waals surface area contributed by atoms with Gasteiger partial charge < -0.3 is 44.6 Å². The topological polar surface area (TPSA) is 184 Å². The van der Waals surface area contributed by atoms with Gasteiger partial charge in [0.05, 0.1) is 50.1 Å². The van der Waals surface area contributed by atoms with Crippen molar-refractivity contribution in [3.63, 3.8) is 0 Å². The monoisotopic (exact) mass is 834 g/mol. The molecular formula is C47H46N8O7. The van der Waals surface area contributed by atoms with Crippen molar-refractivity contribution >= 4 is 24.0 Å². The molecule has 316 valence electrons. The number of aromatic nitrogens is 4. The van der Waals surface area contributed by atoms with Crippen LogP contribution in [0.5, 0.6) is 11.5 Å². The van der Waals surface area contributed by atoms with E-state index in [0.29, 0.717) is 42.3 Å². The van der Waals surface area contributed by atoms with Crippen LogP contribution in [0.4, 0.5) is 9.59 Å². The van der Waals surface area contributed by atoms with Crippen molar-refractivity contribution in [2.75, 3.05) is 27.3 Å². The number of rotatable bonds is 10. The molecule has 0 aliphatic carbocycles. The smallest absolute Gasteiger partial charge is 0.407 e. The highest BCUT2D eigenvalue weighted by Crippen LogP contribution is 2.41. The van der Waals surface area contributed by atoms with Gasteiger partial charge in [-0.3, -0.25) is 9.59 Å². The molecule has 4 N–H and O–H groups in total. The number of H-pyrrole nitrogens is 2. The second-order valence-corrected chi connectivity index (χ2v) is 15.6. The molecule has 0 saturated carbocycles. The number of amides is 4. The number of nitrogens with one attached hydrogen (secondary N) is 4. The third-order valence-electron chi connectivity index (χ3n) is 11.9. The highest BCUT2D eigenvalue weighted by molar-refractivity contribution is 5.88. The highest BCUT2D eigenvalue weighted by Gasteiger charge is 2.39. The lowest BCUT2D eigenvalue weighted by atomic mass is 9.96. The normalized spacial score (nSPS) is 17.6. The zero-order valence-corrected chi connectivity index (χ0v) is 34.3. The number of likely N-dealkylation sites (tertiary alicyclic amines) is 2. The number of ether oxygens (including phenoxy) is 3. The summed E-state index contributed by atoms with van der Waals surface area (Å²) in [6.45, 7) is 1.08. The van der Waals surface area contributed by atoms with Gasteiger partial charge in [-0.15, -0.1) is 0 Å². The lowest BCUT2D eigenvalue weighted by Crippen LogP contribution is -2.42. The number of nitrogens with zero attached hydrogens (tertiary/aromatic N) is 4. The first-order chi connectivity index (χ1) is 30.3. The zero-order valence-electron chi connectivity index (χ0n) is 34.3. The number of aromatic amines is 2. The number of imidazole rings is 2. The van der Waals surface area contributed by atoms with Crippen LogP contribution in [0.1, 0.15) is 83.8 Å². The standard InChI is InChI=1S/C47H46N8O7/c1-60-46(58)52-40(28-11-5-3-6-12-28)44(56)54-21-9-15-36(54)42-48-26-34(50-42)30-19-20-38-33(23-30)24-32-18-17-31(25-39(32)62-38)35-27-49-43(51-35)37-16-10-22-55(37)45(57)41(53-47(59)61-2)29-13-7-4-8-14-29/h3-8,11-14,17-20,23,25-27,36-37,40-41H,9-10,15-16,21-22,24H2,1-2H3,(H,48,50)(H,49,51)(H,52,58)(H,53,59)/t36-,37+,40+,41-/m1/s1. The summed E-state index contributed by atoms with van der Waals surface area (Å²) in [5.41, 5.74) is 6.87. The van der Waals surface area contributed by atoms with Crippen LogP contribution in [0.3, 0.4) is 0 Å². The molecule has 4 aromatic carbocycles. The Morgan fingerprint density at radius 1 is 0.645 bits per heavy atom. The van der Waals surface area contributed by atoms with E-state index in [1.807, 2.05) is 84.9 Å². The summed E-state index contributed by atoms with van der Waals surface area (Å²) >= 11 is 0. The van der Waals surface area contributed by atoms with Crippen LogP contribution in [0.15, 0.2) is 109 Å². The fourth-order valence-electron chi connectivity index (χ4n) is 8.76. The summed E-state index contributed by atoms with van der Waals surface area (Å²) < 4.78 is 16.2. The van der Waals surface area contributed by atoms with E-state index in [9.17, 15) is 19.2 Å². The van der Waals surface area contributed by atoms with Gasteiger partial charge in [-0.25, -0.2) is 19.6 Å². The highest BCUT2D eigenvalue weighted by atomic mass is 16.5. The average Bonchev–Trinajstić information content (AvgIpc) is 4.16. The van der Waals surface area contributed by atoms with Crippen LogP contribution in [0.2, 0.25) is 0 Å². The number of benzene rings is 4. The first-order valence-corrected chi connectivity index (χ1v) is 20.7. The van der Waals surface area contributed by atoms with Gasteiger partial charge in [0.1, 0.15) is 35.2 Å². The second kappa shape index (κ2) is 17.3. The minimum absolute atomic E-state index is 0.223. The van der Waals surface area contributed by atoms with Crippen LogP contribution >= 0.6 is 0 Å². The molecule has 2 fully saturated rings. The van der Waals surface area contributed by atoms with Gasteiger partial charge >= 0.3 is 12.2 Å². The van der Waals surface area contributed by atoms with Gasteiger partial charge in [0.25, 0.3) is 11.8 Å². The Bertz CT molecular complexity index is 2430. The molecule has 15 nitrogen and oxygen atoms in total. The quantitative estimate of drug-likeness (QED) is 0.107. The maximum Gasteiger partial charge on any atom is 0.407 e. The lowest BCUT2D eigenvalue weighted by Gasteiger charge is -2.28. The molecule has 62 heavy (non-hydrogen) atoms. The summed E-state index contributed by atoms with van der Waals surface area (Å²) in [6, 6.07) is 28.1. The Hall–Kier alpha value is -7.42. The van der Waals surface area contributed by atoms with Crippen molar-refractivity contribution in [3.8, 4) is 34.0 Å². The van der Waals surface area contributed by atoms with E-state index in [1.165, 1.54) is 14.2 Å². The minimum atomic E-state index is -0.898. The first-order valence-electron chi connectivity index (χ1n) is 20.7. The number of fused-ring (bicyclic) bond motifs is 2. The Balaban J connectivity index is 0.884. The van der Waals surface area contributed by atoms with Crippen LogP contribution in [-0.2, 0) is 25.5 Å². The summed E-state index contributed by atoms with van der Waals surface area (Å²) in [7, 11) is 2.55. The minimum Gasteiger partial charge on any atom is -0.457 e. The molecule has 0 spiro atoms. The van der Waals surface area contributed by atoms with Crippen molar-refractivity contribution in [2.45, 2.75) is 56.3 Å². The van der Waals surface area contributed by atoms with E-state index < -0.39 is 24.3 Å². The summed E-state index contributed by atoms with van der Waals surface area (Å²) in [5, 5.41) is 5.43. The fraction of sp³-hybridized carbons (Fsp3) is 0.277. The average molecular weight is 835 g/mol. The molecule has 3 aliphatic rings. The molecule has 6 aromatic rings. The number of carbonyl (C=O) groups excluding carboxylic acids is 4. The van der Waals surface area contributed by atoms with E-state index in [2.05, 4.69) is 32.7 Å². The van der Waals surface area contributed by atoms with Gasteiger partial charge in [0.15, 0.2) is 0 Å². The summed E-state index contributed by atoms with van der Waals surface area (Å²) in [4.78, 5) is 72.4. The van der Waals surface area contributed by atoms with Crippen molar-refractivity contribution in [3.05, 3.63) is 143 Å². The Kier molecular flexibility index (Phi) is 11.2. The van der Waals surface area contributed by atoms with Gasteiger partial charge in [-0.05, 0) is 72.2 Å². The van der Waals surface area contributed by atoms with Crippen LogP contribution in [0, 0.1) is 0 Å². The Morgan fingerprint density at radius 2 is 1.15 bits per heavy atom. The van der Waals surface area contributed by atoms with Gasteiger partial charge in [-0.2, -0.15) is 0 Å². The fourth-order valence-corrected chi connectivity index (χ4v) is 8.76. The van der Waals surface area contributed by atoms with Crippen molar-refractivity contribution in [2.24, 2.45) is 0 Å². The Labute approximate surface area is 357 Å². The van der Waals surface area contributed by atoms with Gasteiger partial charge in [0, 0.05) is 30.6 Å². The van der Waals surface area contributed by atoms with E-state index in [4.69, 9.17) is 24.2 Å². The van der Waals surface area contributed by atoms with E-state index in [-0.39, 0.29) is 23.9 Å². The number of methoxy groups -OCH3 is 2. The molecule has 9 rings (SSSR count). The number of alkyl carbamates (subject to hydrolysis) is 2. The second-order valence-electron chi connectivity index (χ2n) is 15.6. The van der Waals surface area contributed by atoms with Gasteiger partial charge in [0.2, 0.25) is 0 Å². The summed E-state index contributed by atoms with van der Waals surface area (Å²) in [5.74, 6) is 2.42. The first kappa shape index (κ1) is 40.0. The summed E-state index contributed by atoms with van der Waals surface area (Å²) in [6.07, 6.45) is 5.95. The predicted octanol–water partition coefficient (Wildman–Crippen LogP) is 7.68. The van der Waals surface area contributed by atoms with Crippen molar-refractivity contribution in [1.29, 1.82) is 0 Å². The molecule has 3 aliphatic heterocycles. The van der Waals surface area contributed by atoms with E-state index in [0.717, 1.165) is 70.8 Å². The van der Waals surface area contributed by atoms with Crippen molar-refractivity contribution < 1.29 is 33.4 Å². The number of hydrogen-bond acceptors (Lipinski definition) is 9. The van der Waals surface area contributed by atoms with Crippen LogP contribution in [-0.4, -0.2) is 81.0 Å². The predicted molar refractivity (Wildman–Crippen MR) is 228 cm³/mol. The molecule has 0 bridgehead atoms. The Morgan fingerprint density at radius 3 is 1.66 bits per heavy atom. The molecular weight excluding hydrogens is 789 g/mol. The molecule has 4 amide bonds. The lowest BCUT2D eigenvalue weighted by molar-refractivity contribution is -0.135. The zero-order chi connectivity index (χ0) is 42.7. The molecule has 4 atom stereocenters. The van der Waals surface area contributed by atoms with E-state index in [1.54, 1.807) is 22.2 Å². The van der Waals surface area contributed by atoms with Gasteiger partial charge in [-0.1, -0.05) is 72.8 Å². The van der Waals surface area contributed by atoms with E-state index >= 15 is 0 Å². The maximum atomic E-state index is 14.0. The third kappa shape index (κ3) is 7.96. The molecule has 5 heterocycles. The molecule has 2 aromatic heterocycles. The molecule has 0 unspecified atom stereocenters. The molecule has 15 heteroatoms. The third-order valence-corrected chi connectivity index (χ3v) is 11.9. The molecule has 0 radical (unpaired) electrons. The SMILES string of the molecule is COC(=O)N[C@H](C(=O)N1CCC[C@@H]1c1ncc(-c2ccc3c(c2)Cc2ccc(-c4cnc([C@@H]5CCCN5C(=O)[C@H](NC(=O)OC)c5ccccc5)[nH]4)cc2O3)[nH]1)c1ccccc1. The largest absolute Gasteiger partial charge is 0.457 e. The number of carbonyl (C=O) groups is 4. The van der Waals surface area contributed by atoms with Crippen LogP contribution < -0.4 is 15.4 Å². The maximum absolute atomic E-state index is 14.0. The van der Waals surface area contributed by atoms with Crippen LogP contribution in [0.25, 0.3) is 22.5 Å². The number of hydrogen-bond donors (Lipinski definition) is 4.